The van der Waals surface area contributed by atoms with Crippen LogP contribution in [0.1, 0.15) is 39.0 Å². The van der Waals surface area contributed by atoms with Crippen molar-refractivity contribution >= 4 is 17.5 Å². The molecule has 0 radical (unpaired) electrons. The van der Waals surface area contributed by atoms with Crippen molar-refractivity contribution in [2.75, 3.05) is 31.1 Å². The van der Waals surface area contributed by atoms with Gasteiger partial charge in [0.15, 0.2) is 11.4 Å². The van der Waals surface area contributed by atoms with Crippen molar-refractivity contribution in [2.45, 2.75) is 33.4 Å². The zero-order valence-electron chi connectivity index (χ0n) is 15.9. The summed E-state index contributed by atoms with van der Waals surface area (Å²) in [6.45, 7) is 9.36. The quantitative estimate of drug-likeness (QED) is 0.855. The van der Waals surface area contributed by atoms with Crippen molar-refractivity contribution in [3.05, 3.63) is 40.7 Å². The summed E-state index contributed by atoms with van der Waals surface area (Å²) in [5.41, 5.74) is 4.18. The molecule has 2 aliphatic heterocycles. The lowest BCUT2D eigenvalue weighted by atomic mass is 10.1. The van der Waals surface area contributed by atoms with Crippen molar-refractivity contribution in [1.82, 2.24) is 25.2 Å². The molecule has 1 fully saturated rings. The summed E-state index contributed by atoms with van der Waals surface area (Å²) in [6.07, 6.45) is 0. The van der Waals surface area contributed by atoms with Crippen LogP contribution in [0.25, 0.3) is 0 Å². The van der Waals surface area contributed by atoms with Crippen molar-refractivity contribution in [2.24, 2.45) is 0 Å². The Hall–Kier alpha value is -2.90. The Balaban J connectivity index is 1.49. The molecule has 0 bridgehead atoms. The largest absolute Gasteiger partial charge is 0.368 e. The molecule has 0 saturated carbocycles. The maximum atomic E-state index is 12.9. The number of carbonyl (C=O) groups is 2. The average molecular weight is 368 g/mol. The van der Waals surface area contributed by atoms with Crippen molar-refractivity contribution in [3.8, 4) is 0 Å². The van der Waals surface area contributed by atoms with Crippen LogP contribution in [0.2, 0.25) is 0 Å². The summed E-state index contributed by atoms with van der Waals surface area (Å²) < 4.78 is 1.53. The molecule has 1 aromatic heterocycles. The Morgan fingerprint density at radius 1 is 1.19 bits per heavy atom. The van der Waals surface area contributed by atoms with Crippen LogP contribution in [0, 0.1) is 13.8 Å². The number of hydrogen-bond acceptors (Lipinski definition) is 5. The van der Waals surface area contributed by atoms with Crippen LogP contribution in [-0.2, 0) is 6.54 Å². The molecular formula is C19H24N6O2. The maximum Gasteiger partial charge on any atom is 0.277 e. The van der Waals surface area contributed by atoms with Crippen LogP contribution in [0.5, 0.6) is 0 Å². The summed E-state index contributed by atoms with van der Waals surface area (Å²) >= 11 is 0. The predicted octanol–water partition coefficient (Wildman–Crippen LogP) is 0.989. The number of nitrogens with one attached hydrogen (secondary N) is 1. The number of nitrogens with zero attached hydrogens (tertiary/aromatic N) is 5. The van der Waals surface area contributed by atoms with E-state index in [2.05, 4.69) is 52.6 Å². The fraction of sp³-hybridized carbons (Fsp3) is 0.474. The smallest absolute Gasteiger partial charge is 0.277 e. The predicted molar refractivity (Wildman–Crippen MR) is 101 cm³/mol. The SMILES string of the molecule is Cc1cccc(N2CCN(C(=O)c3nnn4c3C(=O)NC(C)C4)CC2)c1C. The number of aryl methyl sites for hydroxylation is 1. The van der Waals surface area contributed by atoms with Gasteiger partial charge in [0.1, 0.15) is 0 Å². The van der Waals surface area contributed by atoms with Crippen LogP contribution in [-0.4, -0.2) is 63.9 Å². The van der Waals surface area contributed by atoms with Gasteiger partial charge in [0.2, 0.25) is 0 Å². The second-order valence-corrected chi connectivity index (χ2v) is 7.34. The van der Waals surface area contributed by atoms with Gasteiger partial charge in [-0.25, -0.2) is 4.68 Å². The van der Waals surface area contributed by atoms with Gasteiger partial charge in [-0.15, -0.1) is 5.10 Å². The van der Waals surface area contributed by atoms with Crippen LogP contribution in [0.4, 0.5) is 5.69 Å². The Labute approximate surface area is 158 Å². The van der Waals surface area contributed by atoms with Crippen LogP contribution in [0.3, 0.4) is 0 Å². The Kier molecular flexibility index (Phi) is 4.33. The number of benzene rings is 1. The highest BCUT2D eigenvalue weighted by molar-refractivity contribution is 6.05. The van der Waals surface area contributed by atoms with E-state index in [-0.39, 0.29) is 29.2 Å². The fourth-order valence-corrected chi connectivity index (χ4v) is 3.79. The van der Waals surface area contributed by atoms with Crippen LogP contribution in [0.15, 0.2) is 18.2 Å². The van der Waals surface area contributed by atoms with Crippen molar-refractivity contribution in [1.29, 1.82) is 0 Å². The van der Waals surface area contributed by atoms with E-state index < -0.39 is 0 Å². The molecular weight excluding hydrogens is 344 g/mol. The minimum absolute atomic E-state index is 0.0178. The highest BCUT2D eigenvalue weighted by atomic mass is 16.2. The number of rotatable bonds is 2. The normalized spacial score (nSPS) is 19.7. The number of fused-ring (bicyclic) bond motifs is 1. The van der Waals surface area contributed by atoms with E-state index in [0.29, 0.717) is 19.6 Å². The number of hydrogen-bond donors (Lipinski definition) is 1. The van der Waals surface area contributed by atoms with Gasteiger partial charge in [0.05, 0.1) is 6.54 Å². The minimum Gasteiger partial charge on any atom is -0.368 e. The third-order valence-corrected chi connectivity index (χ3v) is 5.46. The van der Waals surface area contributed by atoms with Crippen molar-refractivity contribution in [3.63, 3.8) is 0 Å². The van der Waals surface area contributed by atoms with Gasteiger partial charge in [0, 0.05) is 37.9 Å². The number of anilines is 1. The molecule has 0 aliphatic carbocycles. The highest BCUT2D eigenvalue weighted by Crippen LogP contribution is 2.24. The van der Waals surface area contributed by atoms with E-state index in [1.807, 2.05) is 6.92 Å². The van der Waals surface area contributed by atoms with Gasteiger partial charge in [-0.05, 0) is 38.0 Å². The molecule has 4 rings (SSSR count). The maximum absolute atomic E-state index is 12.9. The lowest BCUT2D eigenvalue weighted by molar-refractivity contribution is 0.0731. The molecule has 142 valence electrons. The molecule has 8 heteroatoms. The summed E-state index contributed by atoms with van der Waals surface area (Å²) in [6, 6.07) is 6.29. The van der Waals surface area contributed by atoms with Crippen molar-refractivity contribution < 1.29 is 9.59 Å². The van der Waals surface area contributed by atoms with Gasteiger partial charge in [-0.3, -0.25) is 9.59 Å². The van der Waals surface area contributed by atoms with Gasteiger partial charge >= 0.3 is 0 Å². The first-order valence-electron chi connectivity index (χ1n) is 9.30. The average Bonchev–Trinajstić information content (AvgIpc) is 3.08. The third-order valence-electron chi connectivity index (χ3n) is 5.46. The zero-order valence-corrected chi connectivity index (χ0v) is 15.9. The number of aromatic nitrogens is 3. The third kappa shape index (κ3) is 3.05. The monoisotopic (exact) mass is 368 g/mol. The van der Waals surface area contributed by atoms with E-state index in [1.165, 1.54) is 21.5 Å². The Bertz CT molecular complexity index is 898. The van der Waals surface area contributed by atoms with Gasteiger partial charge in [-0.2, -0.15) is 0 Å². The molecule has 3 heterocycles. The molecule has 0 spiro atoms. The van der Waals surface area contributed by atoms with Crippen LogP contribution >= 0.6 is 0 Å². The van der Waals surface area contributed by atoms with E-state index in [4.69, 9.17) is 0 Å². The van der Waals surface area contributed by atoms with E-state index in [0.717, 1.165) is 13.1 Å². The molecule has 2 aromatic rings. The first-order chi connectivity index (χ1) is 13.0. The first kappa shape index (κ1) is 17.5. The number of amides is 2. The molecule has 1 N–H and O–H groups in total. The molecule has 1 atom stereocenters. The van der Waals surface area contributed by atoms with E-state index >= 15 is 0 Å². The topological polar surface area (TPSA) is 83.4 Å². The first-order valence-corrected chi connectivity index (χ1v) is 9.30. The number of piperazine rings is 1. The molecule has 1 aromatic carbocycles. The molecule has 1 unspecified atom stereocenters. The Morgan fingerprint density at radius 2 is 1.93 bits per heavy atom. The second kappa shape index (κ2) is 6.68. The molecule has 2 amide bonds. The molecule has 1 saturated heterocycles. The zero-order chi connectivity index (χ0) is 19.1. The summed E-state index contributed by atoms with van der Waals surface area (Å²) in [5, 5.41) is 10.9. The summed E-state index contributed by atoms with van der Waals surface area (Å²) in [5.74, 6) is -0.502. The fourth-order valence-electron chi connectivity index (χ4n) is 3.79. The van der Waals surface area contributed by atoms with Gasteiger partial charge in [-0.1, -0.05) is 17.3 Å². The molecule has 8 nitrogen and oxygen atoms in total. The van der Waals surface area contributed by atoms with Gasteiger partial charge < -0.3 is 15.1 Å². The summed E-state index contributed by atoms with van der Waals surface area (Å²) in [4.78, 5) is 29.3. The molecule has 27 heavy (non-hydrogen) atoms. The number of carbonyl (C=O) groups excluding carboxylic acids is 2. The van der Waals surface area contributed by atoms with E-state index in [9.17, 15) is 9.59 Å². The lowest BCUT2D eigenvalue weighted by Gasteiger charge is -2.36. The lowest BCUT2D eigenvalue weighted by Crippen LogP contribution is -2.50. The highest BCUT2D eigenvalue weighted by Gasteiger charge is 2.33. The molecule has 2 aliphatic rings. The second-order valence-electron chi connectivity index (χ2n) is 7.34. The minimum atomic E-state index is -0.281. The van der Waals surface area contributed by atoms with Gasteiger partial charge in [0.25, 0.3) is 11.8 Å². The standard InChI is InChI=1S/C19H24N6O2/c1-12-5-4-6-15(14(12)3)23-7-9-24(10-8-23)19(27)16-17-18(26)20-13(2)11-25(17)22-21-16/h4-6,13H,7-11H2,1-3H3,(H,20,26). The Morgan fingerprint density at radius 3 is 2.67 bits per heavy atom. The van der Waals surface area contributed by atoms with Crippen LogP contribution < -0.4 is 10.2 Å². The van der Waals surface area contributed by atoms with E-state index in [1.54, 1.807) is 4.90 Å². The summed E-state index contributed by atoms with van der Waals surface area (Å²) in [7, 11) is 0.